The Labute approximate surface area is 204 Å². The highest BCUT2D eigenvalue weighted by Gasteiger charge is 2.31. The van der Waals surface area contributed by atoms with Crippen LogP contribution in [0.25, 0.3) is 0 Å². The Hall–Kier alpha value is -3.27. The SMILES string of the molecule is COc1ccc2c(c1)C(C(=O)N(Cc1ccc(N(C)C)cc1)c1cccc(C(C)C)c1)CCC2. The van der Waals surface area contributed by atoms with Crippen molar-refractivity contribution >= 4 is 17.3 Å². The molecule has 0 aliphatic heterocycles. The number of carbonyl (C=O) groups excluding carboxylic acids is 1. The number of fused-ring (bicyclic) bond motifs is 1. The molecule has 1 aliphatic rings. The maximum atomic E-state index is 14.2. The highest BCUT2D eigenvalue weighted by molar-refractivity contribution is 5.98. The van der Waals surface area contributed by atoms with Crippen LogP contribution in [0.2, 0.25) is 0 Å². The first-order chi connectivity index (χ1) is 16.4. The first-order valence-electron chi connectivity index (χ1n) is 12.2. The van der Waals surface area contributed by atoms with Gasteiger partial charge in [-0.15, -0.1) is 0 Å². The van der Waals surface area contributed by atoms with Gasteiger partial charge in [-0.3, -0.25) is 4.79 Å². The lowest BCUT2D eigenvalue weighted by molar-refractivity contribution is -0.120. The topological polar surface area (TPSA) is 32.8 Å². The minimum atomic E-state index is -0.164. The molecule has 34 heavy (non-hydrogen) atoms. The van der Waals surface area contributed by atoms with Crippen molar-refractivity contribution in [3.63, 3.8) is 0 Å². The molecule has 0 N–H and O–H groups in total. The standard InChI is InChI=1S/C30H36N2O2/c1-21(2)24-9-6-10-26(18-24)32(20-22-12-15-25(16-13-22)31(3)4)30(33)28-11-7-8-23-14-17-27(34-5)19-29(23)28/h6,9-10,12-19,21,28H,7-8,11,20H2,1-5H3. The Bertz CT molecular complexity index is 1130. The second-order valence-electron chi connectivity index (χ2n) is 9.74. The Kier molecular flexibility index (Phi) is 7.26. The Balaban J connectivity index is 1.72. The van der Waals surface area contributed by atoms with Crippen molar-refractivity contribution in [3.05, 3.63) is 89.0 Å². The van der Waals surface area contributed by atoms with Crippen molar-refractivity contribution in [2.75, 3.05) is 31.0 Å². The lowest BCUT2D eigenvalue weighted by Gasteiger charge is -2.32. The zero-order chi connectivity index (χ0) is 24.2. The monoisotopic (exact) mass is 456 g/mol. The Morgan fingerprint density at radius 3 is 2.44 bits per heavy atom. The van der Waals surface area contributed by atoms with Crippen molar-refractivity contribution in [3.8, 4) is 5.75 Å². The summed E-state index contributed by atoms with van der Waals surface area (Å²) in [7, 11) is 5.76. The van der Waals surface area contributed by atoms with Crippen LogP contribution in [-0.2, 0) is 17.8 Å². The third-order valence-corrected chi connectivity index (χ3v) is 6.87. The number of hydrogen-bond acceptors (Lipinski definition) is 3. The number of benzene rings is 3. The van der Waals surface area contributed by atoms with E-state index in [2.05, 4.69) is 79.4 Å². The highest BCUT2D eigenvalue weighted by atomic mass is 16.5. The summed E-state index contributed by atoms with van der Waals surface area (Å²) in [6.45, 7) is 4.92. The molecule has 0 saturated carbocycles. The van der Waals surface area contributed by atoms with E-state index in [0.29, 0.717) is 12.5 Å². The van der Waals surface area contributed by atoms with Gasteiger partial charge in [0.05, 0.1) is 19.6 Å². The molecule has 1 aliphatic carbocycles. The molecule has 1 atom stereocenters. The maximum Gasteiger partial charge on any atom is 0.234 e. The van der Waals surface area contributed by atoms with E-state index < -0.39 is 0 Å². The summed E-state index contributed by atoms with van der Waals surface area (Å²) < 4.78 is 5.49. The number of amides is 1. The number of hydrogen-bond donors (Lipinski definition) is 0. The molecule has 0 fully saturated rings. The van der Waals surface area contributed by atoms with Gasteiger partial charge in [0.2, 0.25) is 5.91 Å². The molecule has 4 heteroatoms. The van der Waals surface area contributed by atoms with Crippen molar-refractivity contribution in [2.24, 2.45) is 0 Å². The first-order valence-corrected chi connectivity index (χ1v) is 12.2. The predicted octanol–water partition coefficient (Wildman–Crippen LogP) is 6.54. The van der Waals surface area contributed by atoms with Gasteiger partial charge >= 0.3 is 0 Å². The van der Waals surface area contributed by atoms with E-state index in [0.717, 1.165) is 47.5 Å². The molecule has 1 unspecified atom stereocenters. The smallest absolute Gasteiger partial charge is 0.234 e. The van der Waals surface area contributed by atoms with Crippen molar-refractivity contribution in [1.82, 2.24) is 0 Å². The highest BCUT2D eigenvalue weighted by Crippen LogP contribution is 2.37. The molecule has 4 nitrogen and oxygen atoms in total. The number of ether oxygens (including phenoxy) is 1. The van der Waals surface area contributed by atoms with Gasteiger partial charge < -0.3 is 14.5 Å². The third kappa shape index (κ3) is 5.11. The fraction of sp³-hybridized carbons (Fsp3) is 0.367. The number of nitrogens with zero attached hydrogens (tertiary/aromatic N) is 2. The molecule has 178 valence electrons. The van der Waals surface area contributed by atoms with Gasteiger partial charge in [-0.1, -0.05) is 44.2 Å². The summed E-state index contributed by atoms with van der Waals surface area (Å²) in [5.74, 6) is 1.21. The summed E-state index contributed by atoms with van der Waals surface area (Å²) in [4.78, 5) is 18.3. The summed E-state index contributed by atoms with van der Waals surface area (Å²) in [5.41, 5.74) is 6.85. The molecule has 0 radical (unpaired) electrons. The normalized spacial score (nSPS) is 15.1. The van der Waals surface area contributed by atoms with E-state index in [1.54, 1.807) is 7.11 Å². The van der Waals surface area contributed by atoms with Crippen molar-refractivity contribution in [1.29, 1.82) is 0 Å². The number of anilines is 2. The van der Waals surface area contributed by atoms with Crippen LogP contribution >= 0.6 is 0 Å². The van der Waals surface area contributed by atoms with Gasteiger partial charge in [0.25, 0.3) is 0 Å². The molecular weight excluding hydrogens is 420 g/mol. The second kappa shape index (κ2) is 10.3. The average Bonchev–Trinajstić information content (AvgIpc) is 2.86. The largest absolute Gasteiger partial charge is 0.497 e. The fourth-order valence-electron chi connectivity index (χ4n) is 4.78. The average molecular weight is 457 g/mol. The summed E-state index contributed by atoms with van der Waals surface area (Å²) in [6.07, 6.45) is 2.89. The quantitative estimate of drug-likeness (QED) is 0.405. The van der Waals surface area contributed by atoms with Crippen LogP contribution in [-0.4, -0.2) is 27.1 Å². The van der Waals surface area contributed by atoms with E-state index in [1.165, 1.54) is 11.1 Å². The molecule has 0 saturated heterocycles. The van der Waals surface area contributed by atoms with E-state index in [4.69, 9.17) is 4.74 Å². The van der Waals surface area contributed by atoms with Gasteiger partial charge in [0.1, 0.15) is 5.75 Å². The van der Waals surface area contributed by atoms with Crippen LogP contribution in [0.1, 0.15) is 60.8 Å². The maximum absolute atomic E-state index is 14.2. The van der Waals surface area contributed by atoms with E-state index >= 15 is 0 Å². The van der Waals surface area contributed by atoms with E-state index in [9.17, 15) is 4.79 Å². The predicted molar refractivity (Wildman–Crippen MR) is 141 cm³/mol. The van der Waals surface area contributed by atoms with Crippen molar-refractivity contribution < 1.29 is 9.53 Å². The van der Waals surface area contributed by atoms with Crippen LogP contribution in [0.4, 0.5) is 11.4 Å². The van der Waals surface area contributed by atoms with E-state index in [1.807, 2.05) is 25.1 Å². The lowest BCUT2D eigenvalue weighted by Crippen LogP contribution is -2.36. The number of methoxy groups -OCH3 is 1. The summed E-state index contributed by atoms with van der Waals surface area (Å²) >= 11 is 0. The van der Waals surface area contributed by atoms with Gasteiger partial charge in [-0.25, -0.2) is 0 Å². The van der Waals surface area contributed by atoms with E-state index in [-0.39, 0.29) is 11.8 Å². The molecule has 4 rings (SSSR count). The minimum absolute atomic E-state index is 0.159. The first kappa shape index (κ1) is 23.9. The van der Waals surface area contributed by atoms with Crippen LogP contribution in [0.5, 0.6) is 5.75 Å². The number of rotatable bonds is 7. The van der Waals surface area contributed by atoms with Crippen LogP contribution in [0.15, 0.2) is 66.7 Å². The Morgan fingerprint density at radius 2 is 1.76 bits per heavy atom. The molecule has 0 spiro atoms. The van der Waals surface area contributed by atoms with Crippen molar-refractivity contribution in [2.45, 2.75) is 51.5 Å². The van der Waals surface area contributed by atoms with Gasteiger partial charge in [0, 0.05) is 25.5 Å². The third-order valence-electron chi connectivity index (χ3n) is 6.87. The molecular formula is C30H36N2O2. The molecule has 3 aromatic rings. The summed E-state index contributed by atoms with van der Waals surface area (Å²) in [6, 6.07) is 23.1. The molecule has 1 amide bonds. The van der Waals surface area contributed by atoms with Crippen LogP contribution in [0.3, 0.4) is 0 Å². The Morgan fingerprint density at radius 1 is 1.00 bits per heavy atom. The molecule has 3 aromatic carbocycles. The zero-order valence-corrected chi connectivity index (χ0v) is 21.0. The fourth-order valence-corrected chi connectivity index (χ4v) is 4.78. The second-order valence-corrected chi connectivity index (χ2v) is 9.74. The summed E-state index contributed by atoms with van der Waals surface area (Å²) in [5, 5.41) is 0. The zero-order valence-electron chi connectivity index (χ0n) is 21.0. The molecule has 0 bridgehead atoms. The van der Waals surface area contributed by atoms with Gasteiger partial charge in [-0.05, 0) is 83.8 Å². The molecule has 0 heterocycles. The van der Waals surface area contributed by atoms with Crippen LogP contribution in [0, 0.1) is 0 Å². The minimum Gasteiger partial charge on any atom is -0.497 e. The number of carbonyl (C=O) groups is 1. The van der Waals surface area contributed by atoms with Gasteiger partial charge in [0.15, 0.2) is 0 Å². The van der Waals surface area contributed by atoms with Gasteiger partial charge in [-0.2, -0.15) is 0 Å². The van der Waals surface area contributed by atoms with Crippen LogP contribution < -0.4 is 14.5 Å². The number of aryl methyl sites for hydroxylation is 1. The lowest BCUT2D eigenvalue weighted by atomic mass is 9.81. The molecule has 0 aromatic heterocycles.